The van der Waals surface area contributed by atoms with Crippen LogP contribution in [0.1, 0.15) is 38.8 Å². The number of aliphatic hydroxyl groups excluding tert-OH is 2. The van der Waals surface area contributed by atoms with Gasteiger partial charge in [0.15, 0.2) is 0 Å². The van der Waals surface area contributed by atoms with Crippen LogP contribution in [0.4, 0.5) is 13.2 Å². The molecule has 181 valence electrons. The Morgan fingerprint density at radius 1 is 1.10 bits per heavy atom. The largest absolute Gasteiger partial charge is 0.522 e. The minimum absolute atomic E-state index is 0. The Morgan fingerprint density at radius 2 is 1.61 bits per heavy atom. The van der Waals surface area contributed by atoms with Crippen molar-refractivity contribution in [2.75, 3.05) is 14.2 Å². The molecule has 0 saturated heterocycles. The fourth-order valence-corrected chi connectivity index (χ4v) is 1.64. The quantitative estimate of drug-likeness (QED) is 0.258. The molecule has 0 saturated carbocycles. The molecule has 3 N–H and O–H groups in total. The summed E-state index contributed by atoms with van der Waals surface area (Å²) in [6.45, 7) is 3.40. The van der Waals surface area contributed by atoms with E-state index in [4.69, 9.17) is 30.0 Å². The van der Waals surface area contributed by atoms with Gasteiger partial charge in [-0.25, -0.2) is 0 Å². The van der Waals surface area contributed by atoms with Crippen molar-refractivity contribution in [3.63, 3.8) is 0 Å². The van der Waals surface area contributed by atoms with Crippen LogP contribution >= 0.6 is 0 Å². The van der Waals surface area contributed by atoms with E-state index < -0.39 is 34.3 Å². The average Bonchev–Trinajstić information content (AvgIpc) is 2.74. The third-order valence-corrected chi connectivity index (χ3v) is 3.25. The van der Waals surface area contributed by atoms with Crippen molar-refractivity contribution in [1.82, 2.24) is 4.98 Å². The van der Waals surface area contributed by atoms with Gasteiger partial charge in [0.2, 0.25) is 0 Å². The van der Waals surface area contributed by atoms with Crippen molar-refractivity contribution >= 4 is 10.1 Å². The summed E-state index contributed by atoms with van der Waals surface area (Å²) in [5.74, 6) is 0. The maximum atomic E-state index is 10.7. The van der Waals surface area contributed by atoms with Crippen LogP contribution in [-0.4, -0.2) is 47.9 Å². The van der Waals surface area contributed by atoms with E-state index in [0.717, 1.165) is 14.2 Å². The van der Waals surface area contributed by atoms with Gasteiger partial charge in [-0.15, -0.1) is 35.4 Å². The number of hydrogen-bond donors (Lipinski definition) is 3. The molecule has 0 aliphatic rings. The average molecular weight is 650 g/mol. The van der Waals surface area contributed by atoms with E-state index in [0.29, 0.717) is 16.8 Å². The van der Waals surface area contributed by atoms with E-state index >= 15 is 0 Å². The molecule has 0 fully saturated rings. The first kappa shape index (κ1) is 24.3. The Bertz CT molecular complexity index is 997. The van der Waals surface area contributed by atoms with E-state index in [-0.39, 0.29) is 25.7 Å². The zero-order valence-corrected chi connectivity index (χ0v) is 20.7. The van der Waals surface area contributed by atoms with Crippen LogP contribution in [0.5, 0.6) is 0 Å². The van der Waals surface area contributed by atoms with Crippen molar-refractivity contribution in [3.8, 4) is 11.3 Å². The molecule has 0 unspecified atom stereocenters. The van der Waals surface area contributed by atoms with Crippen LogP contribution in [0.15, 0.2) is 36.5 Å². The Hall–Kier alpha value is -1.36. The maximum absolute atomic E-state index is 10.7. The molecule has 1 aromatic carbocycles. The van der Waals surface area contributed by atoms with Crippen LogP contribution in [0.3, 0.4) is 0 Å². The summed E-state index contributed by atoms with van der Waals surface area (Å²) in [5, 5.41) is 14.0. The molecule has 31 heavy (non-hydrogen) atoms. The first-order valence-electron chi connectivity index (χ1n) is 10.6. The summed E-state index contributed by atoms with van der Waals surface area (Å²) in [7, 11) is -3.84. The van der Waals surface area contributed by atoms with Gasteiger partial charge < -0.3 is 15.2 Å². The summed E-state index contributed by atoms with van der Waals surface area (Å²) in [6, 6.07) is 11.1. The van der Waals surface area contributed by atoms with Crippen LogP contribution < -0.4 is 0 Å². The normalized spacial score (nSPS) is 14.0. The van der Waals surface area contributed by atoms with Gasteiger partial charge in [-0.2, -0.15) is 21.6 Å². The van der Waals surface area contributed by atoms with Crippen molar-refractivity contribution in [3.05, 3.63) is 53.7 Å². The first-order valence-corrected chi connectivity index (χ1v) is 9.54. The van der Waals surface area contributed by atoms with Gasteiger partial charge >= 0.3 is 15.6 Å². The van der Waals surface area contributed by atoms with Crippen molar-refractivity contribution in [1.29, 1.82) is 0 Å². The standard InChI is InChI=1S/C17H20N.CHF3O3S.2CH4O.Ir/c1-13-5-8-15(9-6-13)16-10-7-14(12-18-16)11-17(2,3)4;2-1(3,4)8(5,6)7;2*1-2;/h5-8,10,12H,11H2,1-4H3;(H,5,6,7);2*2H,1H3;/q-1;;;;/i1D3,11D2;;;;. The molecule has 0 aliphatic carbocycles. The smallest absolute Gasteiger partial charge is 0.400 e. The number of aryl methyl sites for hydroxylation is 1. The molecule has 0 atom stereocenters. The minimum atomic E-state index is -5.84. The van der Waals surface area contributed by atoms with Crippen molar-refractivity contribution in [2.45, 2.75) is 39.5 Å². The third-order valence-electron chi connectivity index (χ3n) is 2.66. The Kier molecular flexibility index (Phi) is 12.1. The molecule has 2 aromatic rings. The number of aliphatic hydroxyl groups is 2. The maximum Gasteiger partial charge on any atom is 0.522 e. The predicted octanol–water partition coefficient (Wildman–Crippen LogP) is 4.05. The topological polar surface area (TPSA) is 108 Å². The molecule has 1 radical (unpaired) electrons. The molecule has 6 nitrogen and oxygen atoms in total. The number of nitrogens with zero attached hydrogens (tertiary/aromatic N) is 1. The monoisotopic (exact) mass is 650 g/mol. The summed E-state index contributed by atoms with van der Waals surface area (Å²) < 4.78 is 96.1. The fraction of sp³-hybridized carbons (Fsp3) is 0.450. The van der Waals surface area contributed by atoms with Crippen LogP contribution in [-0.2, 0) is 36.6 Å². The summed E-state index contributed by atoms with van der Waals surface area (Å²) in [5.41, 5.74) is -4.00. The molecular formula is C20H29F3IrNO5S-. The van der Waals surface area contributed by atoms with E-state index in [2.05, 4.69) is 11.1 Å². The number of hydrogen-bond acceptors (Lipinski definition) is 5. The summed E-state index contributed by atoms with van der Waals surface area (Å²) in [6.07, 6.45) is 0.0411. The van der Waals surface area contributed by atoms with E-state index in [1.807, 2.05) is 20.8 Å². The zero-order valence-electron chi connectivity index (χ0n) is 22.4. The van der Waals surface area contributed by atoms with Crippen LogP contribution in [0, 0.1) is 18.3 Å². The van der Waals surface area contributed by atoms with Crippen molar-refractivity contribution < 1.29 is 63.3 Å². The number of pyridine rings is 1. The van der Waals surface area contributed by atoms with Gasteiger partial charge in [-0.1, -0.05) is 39.8 Å². The number of aromatic nitrogens is 1. The van der Waals surface area contributed by atoms with Gasteiger partial charge in [-0.05, 0) is 23.0 Å². The number of rotatable bonds is 2. The van der Waals surface area contributed by atoms with Gasteiger partial charge in [0.25, 0.3) is 0 Å². The number of alkyl halides is 3. The van der Waals surface area contributed by atoms with Gasteiger partial charge in [-0.3, -0.25) is 4.55 Å². The predicted molar refractivity (Wildman–Crippen MR) is 110 cm³/mol. The molecule has 1 aromatic heterocycles. The number of benzene rings is 1. The van der Waals surface area contributed by atoms with Crippen LogP contribution in [0.25, 0.3) is 11.3 Å². The second-order valence-corrected chi connectivity index (χ2v) is 7.63. The van der Waals surface area contributed by atoms with Crippen LogP contribution in [0.2, 0.25) is 0 Å². The van der Waals surface area contributed by atoms with Gasteiger partial charge in [0, 0.05) is 47.4 Å². The molecule has 11 heteroatoms. The molecule has 1 heterocycles. The second kappa shape index (κ2) is 15.4. The van der Waals surface area contributed by atoms with E-state index in [9.17, 15) is 13.2 Å². The second-order valence-electron chi connectivity index (χ2n) is 6.22. The Morgan fingerprint density at radius 3 is 1.90 bits per heavy atom. The Labute approximate surface area is 202 Å². The summed E-state index contributed by atoms with van der Waals surface area (Å²) in [4.78, 5) is 4.31. The minimum Gasteiger partial charge on any atom is -0.400 e. The zero-order chi connectivity index (χ0) is 28.5. The fourth-order valence-electron chi connectivity index (χ4n) is 1.64. The van der Waals surface area contributed by atoms with Gasteiger partial charge in [0.1, 0.15) is 0 Å². The third kappa shape index (κ3) is 15.1. The number of halogens is 3. The molecule has 0 aliphatic heterocycles. The van der Waals surface area contributed by atoms with Crippen molar-refractivity contribution in [2.24, 2.45) is 5.41 Å². The van der Waals surface area contributed by atoms with E-state index in [1.165, 1.54) is 12.3 Å². The first-order chi connectivity index (χ1) is 15.7. The van der Waals surface area contributed by atoms with Gasteiger partial charge in [0.05, 0.1) is 0 Å². The Balaban J connectivity index is -0.000000711. The molecule has 0 bridgehead atoms. The molecule has 0 amide bonds. The summed E-state index contributed by atoms with van der Waals surface area (Å²) >= 11 is 0. The molecule has 0 spiro atoms. The van der Waals surface area contributed by atoms with E-state index in [1.54, 1.807) is 24.3 Å². The molecular weight excluding hydrogens is 616 g/mol. The SMILES string of the molecule is CO.CO.O=S(=O)(O)C(F)(F)F.[2H]C([2H])([2H])c1c[c-]c(-c2ccc(C([2H])([2H])C(C)(C)C)cn2)cc1.[Ir]. The molecule has 2 rings (SSSR count).